The van der Waals surface area contributed by atoms with Crippen LogP contribution in [0.3, 0.4) is 0 Å². The first kappa shape index (κ1) is 12.4. The minimum absolute atomic E-state index is 0.160. The highest BCUT2D eigenvalue weighted by Crippen LogP contribution is 2.26. The van der Waals surface area contributed by atoms with Gasteiger partial charge in [-0.1, -0.05) is 12.2 Å². The normalized spacial score (nSPS) is 29.7. The minimum atomic E-state index is -0.497. The molecule has 1 heterocycles. The van der Waals surface area contributed by atoms with Gasteiger partial charge in [-0.15, -0.1) is 13.2 Å². The van der Waals surface area contributed by atoms with Gasteiger partial charge in [-0.25, -0.2) is 0 Å². The van der Waals surface area contributed by atoms with Gasteiger partial charge in [-0.2, -0.15) is 0 Å². The lowest BCUT2D eigenvalue weighted by Gasteiger charge is -2.20. The number of hydrogen-bond donors (Lipinski definition) is 2. The van der Waals surface area contributed by atoms with E-state index in [0.717, 1.165) is 12.8 Å². The highest BCUT2D eigenvalue weighted by Gasteiger charge is 2.33. The van der Waals surface area contributed by atoms with Crippen LogP contribution < -0.4 is 0 Å². The SMILES string of the molecule is C=CC[C@@H](O)[C@H]1CC[C@@H]([C@@H](O)CC=C)O1. The van der Waals surface area contributed by atoms with E-state index in [4.69, 9.17) is 4.74 Å². The van der Waals surface area contributed by atoms with Crippen molar-refractivity contribution in [3.63, 3.8) is 0 Å². The fourth-order valence-corrected chi connectivity index (χ4v) is 1.90. The molecule has 0 aromatic carbocycles. The van der Waals surface area contributed by atoms with Crippen molar-refractivity contribution in [1.29, 1.82) is 0 Å². The number of ether oxygens (including phenoxy) is 1. The van der Waals surface area contributed by atoms with Crippen LogP contribution in [0.4, 0.5) is 0 Å². The Hall–Kier alpha value is -0.640. The second-order valence-electron chi connectivity index (χ2n) is 3.97. The molecule has 2 N–H and O–H groups in total. The highest BCUT2D eigenvalue weighted by molar-refractivity contribution is 4.88. The zero-order valence-corrected chi connectivity index (χ0v) is 9.01. The summed E-state index contributed by atoms with van der Waals surface area (Å²) >= 11 is 0. The number of rotatable bonds is 6. The Bertz CT molecular complexity index is 193. The van der Waals surface area contributed by atoms with Gasteiger partial charge in [0, 0.05) is 0 Å². The summed E-state index contributed by atoms with van der Waals surface area (Å²) in [5.74, 6) is 0. The van der Waals surface area contributed by atoms with E-state index >= 15 is 0 Å². The molecule has 0 aliphatic carbocycles. The molecule has 0 spiro atoms. The van der Waals surface area contributed by atoms with E-state index < -0.39 is 12.2 Å². The van der Waals surface area contributed by atoms with Gasteiger partial charge in [0.1, 0.15) is 0 Å². The molecule has 0 radical (unpaired) electrons. The molecule has 1 aliphatic heterocycles. The lowest BCUT2D eigenvalue weighted by molar-refractivity contribution is -0.0726. The fourth-order valence-electron chi connectivity index (χ4n) is 1.90. The maximum Gasteiger partial charge on any atom is 0.0843 e. The summed E-state index contributed by atoms with van der Waals surface area (Å²) in [7, 11) is 0. The van der Waals surface area contributed by atoms with E-state index in [2.05, 4.69) is 13.2 Å². The highest BCUT2D eigenvalue weighted by atomic mass is 16.5. The predicted molar refractivity (Wildman–Crippen MR) is 59.5 cm³/mol. The van der Waals surface area contributed by atoms with Crippen LogP contribution in [0.15, 0.2) is 25.3 Å². The molecule has 0 bridgehead atoms. The first-order valence-corrected chi connectivity index (χ1v) is 5.42. The van der Waals surface area contributed by atoms with Crippen LogP contribution in [0.2, 0.25) is 0 Å². The van der Waals surface area contributed by atoms with Crippen molar-refractivity contribution in [3.8, 4) is 0 Å². The molecule has 1 aliphatic rings. The molecule has 0 aromatic rings. The van der Waals surface area contributed by atoms with E-state index in [0.29, 0.717) is 12.8 Å². The number of aliphatic hydroxyl groups is 2. The zero-order valence-electron chi connectivity index (χ0n) is 9.01. The molecular formula is C12H20O3. The maximum atomic E-state index is 9.68. The smallest absolute Gasteiger partial charge is 0.0843 e. The Labute approximate surface area is 91.1 Å². The third-order valence-corrected chi connectivity index (χ3v) is 2.76. The Morgan fingerprint density at radius 2 is 1.47 bits per heavy atom. The summed E-state index contributed by atoms with van der Waals surface area (Å²) in [6, 6.07) is 0. The Morgan fingerprint density at radius 3 is 1.80 bits per heavy atom. The van der Waals surface area contributed by atoms with Crippen molar-refractivity contribution >= 4 is 0 Å². The van der Waals surface area contributed by atoms with Gasteiger partial charge in [0.2, 0.25) is 0 Å². The zero-order chi connectivity index (χ0) is 11.3. The summed E-state index contributed by atoms with van der Waals surface area (Å²) in [4.78, 5) is 0. The fraction of sp³-hybridized carbons (Fsp3) is 0.667. The molecule has 3 nitrogen and oxygen atoms in total. The Balaban J connectivity index is 2.37. The molecule has 1 rings (SSSR count). The second-order valence-corrected chi connectivity index (χ2v) is 3.97. The van der Waals surface area contributed by atoms with E-state index in [1.165, 1.54) is 0 Å². The van der Waals surface area contributed by atoms with Gasteiger partial charge in [-0.05, 0) is 25.7 Å². The molecule has 1 saturated heterocycles. The Morgan fingerprint density at radius 1 is 1.07 bits per heavy atom. The summed E-state index contributed by atoms with van der Waals surface area (Å²) in [5.41, 5.74) is 0. The molecule has 0 aromatic heterocycles. The topological polar surface area (TPSA) is 49.7 Å². The third-order valence-electron chi connectivity index (χ3n) is 2.76. The standard InChI is InChI=1S/C12H20O3/c1-3-5-9(13)11-7-8-12(15-11)10(14)6-4-2/h3-4,9-14H,1-2,5-8H2/t9-,10+,11-,12+. The van der Waals surface area contributed by atoms with Gasteiger partial charge in [-0.3, -0.25) is 0 Å². The van der Waals surface area contributed by atoms with Crippen LogP contribution in [-0.2, 0) is 4.74 Å². The average molecular weight is 212 g/mol. The van der Waals surface area contributed by atoms with Gasteiger partial charge in [0.05, 0.1) is 24.4 Å². The minimum Gasteiger partial charge on any atom is -0.390 e. The van der Waals surface area contributed by atoms with Crippen LogP contribution in [0.1, 0.15) is 25.7 Å². The first-order chi connectivity index (χ1) is 7.19. The second kappa shape index (κ2) is 6.05. The van der Waals surface area contributed by atoms with E-state index in [-0.39, 0.29) is 12.2 Å². The predicted octanol–water partition coefficient (Wildman–Crippen LogP) is 1.41. The van der Waals surface area contributed by atoms with E-state index in [9.17, 15) is 10.2 Å². The monoisotopic (exact) mass is 212 g/mol. The quantitative estimate of drug-likeness (QED) is 0.654. The Kier molecular flexibility index (Phi) is 5.02. The molecule has 86 valence electrons. The molecule has 0 amide bonds. The van der Waals surface area contributed by atoms with Crippen molar-refractivity contribution in [1.82, 2.24) is 0 Å². The molecule has 0 saturated carbocycles. The van der Waals surface area contributed by atoms with Crippen LogP contribution in [0.5, 0.6) is 0 Å². The lowest BCUT2D eigenvalue weighted by Crippen LogP contribution is -2.30. The van der Waals surface area contributed by atoms with E-state index in [1.54, 1.807) is 12.2 Å². The molecule has 1 fully saturated rings. The largest absolute Gasteiger partial charge is 0.390 e. The first-order valence-electron chi connectivity index (χ1n) is 5.42. The van der Waals surface area contributed by atoms with Crippen molar-refractivity contribution in [2.75, 3.05) is 0 Å². The van der Waals surface area contributed by atoms with Crippen LogP contribution in [-0.4, -0.2) is 34.6 Å². The van der Waals surface area contributed by atoms with Crippen LogP contribution in [0.25, 0.3) is 0 Å². The molecule has 4 atom stereocenters. The molecule has 0 unspecified atom stereocenters. The van der Waals surface area contributed by atoms with Gasteiger partial charge >= 0.3 is 0 Å². The summed E-state index contributed by atoms with van der Waals surface area (Å²) < 4.78 is 5.59. The number of aliphatic hydroxyl groups excluding tert-OH is 2. The summed E-state index contributed by atoms with van der Waals surface area (Å²) in [5, 5.41) is 19.4. The van der Waals surface area contributed by atoms with Crippen molar-refractivity contribution < 1.29 is 14.9 Å². The van der Waals surface area contributed by atoms with Crippen molar-refractivity contribution in [2.45, 2.75) is 50.1 Å². The van der Waals surface area contributed by atoms with Crippen LogP contribution in [0, 0.1) is 0 Å². The third kappa shape index (κ3) is 3.45. The average Bonchev–Trinajstić information content (AvgIpc) is 2.67. The van der Waals surface area contributed by atoms with Gasteiger partial charge in [0.25, 0.3) is 0 Å². The maximum absolute atomic E-state index is 9.68. The number of hydrogen-bond acceptors (Lipinski definition) is 3. The summed E-state index contributed by atoms with van der Waals surface area (Å²) in [6.07, 6.45) is 4.72. The van der Waals surface area contributed by atoms with Crippen molar-refractivity contribution in [3.05, 3.63) is 25.3 Å². The molecule has 15 heavy (non-hydrogen) atoms. The molecule has 3 heteroatoms. The molecular weight excluding hydrogens is 192 g/mol. The lowest BCUT2D eigenvalue weighted by atomic mass is 10.0. The van der Waals surface area contributed by atoms with Crippen molar-refractivity contribution in [2.24, 2.45) is 0 Å². The van der Waals surface area contributed by atoms with E-state index in [1.807, 2.05) is 0 Å². The van der Waals surface area contributed by atoms with Gasteiger partial charge < -0.3 is 14.9 Å². The van der Waals surface area contributed by atoms with Gasteiger partial charge in [0.15, 0.2) is 0 Å². The van der Waals surface area contributed by atoms with Crippen LogP contribution >= 0.6 is 0 Å². The summed E-state index contributed by atoms with van der Waals surface area (Å²) in [6.45, 7) is 7.15.